The van der Waals surface area contributed by atoms with Crippen LogP contribution in [0.15, 0.2) is 29.6 Å². The summed E-state index contributed by atoms with van der Waals surface area (Å²) in [6.07, 6.45) is 2.47. The average molecular weight is 301 g/mol. The number of ether oxygens (including phenoxy) is 1. The van der Waals surface area contributed by atoms with Crippen LogP contribution in [-0.2, 0) is 9.53 Å². The van der Waals surface area contributed by atoms with Crippen molar-refractivity contribution in [1.29, 1.82) is 0 Å². The van der Waals surface area contributed by atoms with Gasteiger partial charge >= 0.3 is 5.97 Å². The minimum absolute atomic E-state index is 0.0900. The summed E-state index contributed by atoms with van der Waals surface area (Å²) in [7, 11) is 0. The molecule has 21 heavy (non-hydrogen) atoms. The summed E-state index contributed by atoms with van der Waals surface area (Å²) in [5, 5.41) is 9.26. The minimum Gasteiger partial charge on any atom is -0.480 e. The Morgan fingerprint density at radius 2 is 2.10 bits per heavy atom. The van der Waals surface area contributed by atoms with Gasteiger partial charge in [-0.2, -0.15) is 0 Å². The summed E-state index contributed by atoms with van der Waals surface area (Å²) in [5.74, 6) is -5.44. The van der Waals surface area contributed by atoms with Gasteiger partial charge in [-0.1, -0.05) is 6.08 Å². The maximum Gasteiger partial charge on any atom is 0.321 e. The van der Waals surface area contributed by atoms with Gasteiger partial charge < -0.3 is 9.84 Å². The van der Waals surface area contributed by atoms with Crippen LogP contribution in [0.1, 0.15) is 40.5 Å². The van der Waals surface area contributed by atoms with Crippen LogP contribution in [0.3, 0.4) is 0 Å². The van der Waals surface area contributed by atoms with Crippen LogP contribution in [0.5, 0.6) is 0 Å². The molecule has 1 rings (SSSR count). The second-order valence-electron chi connectivity index (χ2n) is 6.14. The van der Waals surface area contributed by atoms with Gasteiger partial charge in [0.05, 0.1) is 0 Å². The van der Waals surface area contributed by atoms with Gasteiger partial charge in [0, 0.05) is 11.8 Å². The third kappa shape index (κ3) is 3.49. The van der Waals surface area contributed by atoms with Gasteiger partial charge in [0.15, 0.2) is 5.41 Å². The standard InChI is InChI=1S/C15H21F2NO3/c1-6-7-8-10-14(5,12(19)20)15(16,17)9-11(18-10)21-13(2,3)4/h6,9H,1,7-8H2,2-5H3,(H,19,20). The quantitative estimate of drug-likeness (QED) is 0.786. The van der Waals surface area contributed by atoms with Crippen LogP contribution in [0.25, 0.3) is 0 Å². The highest BCUT2D eigenvalue weighted by atomic mass is 19.3. The molecule has 0 aromatic heterocycles. The number of carboxylic acid groups (broad SMARTS) is 1. The largest absolute Gasteiger partial charge is 0.480 e. The van der Waals surface area contributed by atoms with E-state index in [0.717, 1.165) is 6.92 Å². The minimum atomic E-state index is -3.59. The van der Waals surface area contributed by atoms with Crippen molar-refractivity contribution in [3.05, 3.63) is 24.6 Å². The Morgan fingerprint density at radius 3 is 2.52 bits per heavy atom. The molecule has 1 heterocycles. The molecule has 0 aromatic rings. The third-order valence-electron chi connectivity index (χ3n) is 3.22. The lowest BCUT2D eigenvalue weighted by Crippen LogP contribution is -2.52. The van der Waals surface area contributed by atoms with Crippen LogP contribution in [0, 0.1) is 5.41 Å². The summed E-state index contributed by atoms with van der Waals surface area (Å²) in [6.45, 7) is 9.62. The first-order valence-electron chi connectivity index (χ1n) is 6.66. The fourth-order valence-corrected chi connectivity index (χ4v) is 1.95. The van der Waals surface area contributed by atoms with Gasteiger partial charge in [0.2, 0.25) is 5.88 Å². The SMILES string of the molecule is C=CCCC1=NC(OC(C)(C)C)=CC(F)(F)C1(C)C(=O)O. The van der Waals surface area contributed by atoms with E-state index in [1.807, 2.05) is 0 Å². The van der Waals surface area contributed by atoms with E-state index >= 15 is 0 Å². The molecule has 0 saturated carbocycles. The highest BCUT2D eigenvalue weighted by Gasteiger charge is 2.60. The number of carboxylic acids is 1. The van der Waals surface area contributed by atoms with Crippen LogP contribution in [0.4, 0.5) is 8.78 Å². The molecular weight excluding hydrogens is 280 g/mol. The molecule has 0 amide bonds. The number of hydrogen-bond donors (Lipinski definition) is 1. The molecule has 0 spiro atoms. The number of allylic oxidation sites excluding steroid dienone is 2. The summed E-state index contributed by atoms with van der Waals surface area (Å²) >= 11 is 0. The van der Waals surface area contributed by atoms with E-state index in [1.54, 1.807) is 20.8 Å². The molecule has 4 nitrogen and oxygen atoms in total. The number of alkyl halides is 2. The first kappa shape index (κ1) is 17.3. The first-order valence-corrected chi connectivity index (χ1v) is 6.66. The molecule has 1 aliphatic heterocycles. The van der Waals surface area contributed by atoms with Crippen molar-refractivity contribution in [3.8, 4) is 0 Å². The van der Waals surface area contributed by atoms with E-state index < -0.39 is 22.9 Å². The molecule has 0 aromatic carbocycles. The predicted molar refractivity (Wildman–Crippen MR) is 76.5 cm³/mol. The van der Waals surface area contributed by atoms with Crippen molar-refractivity contribution in [2.24, 2.45) is 10.4 Å². The Kier molecular flexibility index (Phi) is 4.60. The van der Waals surface area contributed by atoms with E-state index in [2.05, 4.69) is 11.6 Å². The third-order valence-corrected chi connectivity index (χ3v) is 3.22. The molecule has 1 unspecified atom stereocenters. The molecule has 6 heteroatoms. The number of hydrogen-bond acceptors (Lipinski definition) is 3. The van der Waals surface area contributed by atoms with Gasteiger partial charge in [-0.3, -0.25) is 4.79 Å². The van der Waals surface area contributed by atoms with Gasteiger partial charge in [-0.05, 0) is 40.5 Å². The molecular formula is C15H21F2NO3. The smallest absolute Gasteiger partial charge is 0.321 e. The van der Waals surface area contributed by atoms with Crippen molar-refractivity contribution < 1.29 is 23.4 Å². The average Bonchev–Trinajstić information content (AvgIpc) is 2.28. The monoisotopic (exact) mass is 301 g/mol. The number of nitrogens with zero attached hydrogens (tertiary/aromatic N) is 1. The van der Waals surface area contributed by atoms with E-state index in [0.29, 0.717) is 12.5 Å². The van der Waals surface area contributed by atoms with Crippen LogP contribution < -0.4 is 0 Å². The van der Waals surface area contributed by atoms with Crippen LogP contribution in [0.2, 0.25) is 0 Å². The molecule has 0 bridgehead atoms. The van der Waals surface area contributed by atoms with Crippen molar-refractivity contribution in [3.63, 3.8) is 0 Å². The molecule has 0 radical (unpaired) electrons. The second-order valence-corrected chi connectivity index (χ2v) is 6.14. The van der Waals surface area contributed by atoms with E-state index in [9.17, 15) is 18.7 Å². The van der Waals surface area contributed by atoms with Crippen LogP contribution >= 0.6 is 0 Å². The molecule has 0 aliphatic carbocycles. The van der Waals surface area contributed by atoms with Gasteiger partial charge in [-0.25, -0.2) is 13.8 Å². The lowest BCUT2D eigenvalue weighted by atomic mass is 9.75. The van der Waals surface area contributed by atoms with Crippen molar-refractivity contribution >= 4 is 11.7 Å². The van der Waals surface area contributed by atoms with Gasteiger partial charge in [0.25, 0.3) is 5.92 Å². The maximum absolute atomic E-state index is 14.4. The highest BCUT2D eigenvalue weighted by Crippen LogP contribution is 2.45. The Morgan fingerprint density at radius 1 is 1.52 bits per heavy atom. The van der Waals surface area contributed by atoms with E-state index in [4.69, 9.17) is 4.74 Å². The fraction of sp³-hybridized carbons (Fsp3) is 0.600. The molecule has 1 atom stereocenters. The normalized spacial score (nSPS) is 24.9. The predicted octanol–water partition coefficient (Wildman–Crippen LogP) is 3.79. The zero-order chi connectivity index (χ0) is 16.5. The lowest BCUT2D eigenvalue weighted by Gasteiger charge is -2.37. The van der Waals surface area contributed by atoms with E-state index in [1.165, 1.54) is 6.08 Å². The van der Waals surface area contributed by atoms with Crippen LogP contribution in [-0.4, -0.2) is 28.3 Å². The summed E-state index contributed by atoms with van der Waals surface area (Å²) in [5.41, 5.74) is -3.19. The Labute approximate surface area is 123 Å². The zero-order valence-electron chi connectivity index (χ0n) is 12.7. The van der Waals surface area contributed by atoms with E-state index in [-0.39, 0.29) is 18.0 Å². The number of aliphatic imine (C=N–C) groups is 1. The number of halogens is 2. The highest BCUT2D eigenvalue weighted by molar-refractivity contribution is 6.08. The number of carbonyl (C=O) groups is 1. The number of aliphatic carboxylic acids is 1. The van der Waals surface area contributed by atoms with Gasteiger partial charge in [-0.15, -0.1) is 6.58 Å². The summed E-state index contributed by atoms with van der Waals surface area (Å²) < 4.78 is 34.1. The molecule has 118 valence electrons. The van der Waals surface area contributed by atoms with Crippen molar-refractivity contribution in [1.82, 2.24) is 0 Å². The fourth-order valence-electron chi connectivity index (χ4n) is 1.95. The van der Waals surface area contributed by atoms with Crippen molar-refractivity contribution in [2.75, 3.05) is 0 Å². The summed E-state index contributed by atoms with van der Waals surface area (Å²) in [6, 6.07) is 0. The zero-order valence-corrected chi connectivity index (χ0v) is 12.7. The molecule has 0 fully saturated rings. The Bertz CT molecular complexity index is 504. The summed E-state index contributed by atoms with van der Waals surface area (Å²) in [4.78, 5) is 15.4. The molecule has 1 aliphatic rings. The lowest BCUT2D eigenvalue weighted by molar-refractivity contribution is -0.158. The first-order chi connectivity index (χ1) is 9.44. The maximum atomic E-state index is 14.4. The molecule has 1 N–H and O–H groups in total. The molecule has 0 saturated heterocycles. The van der Waals surface area contributed by atoms with Crippen molar-refractivity contribution in [2.45, 2.75) is 52.1 Å². The Balaban J connectivity index is 3.30. The topological polar surface area (TPSA) is 58.9 Å². The van der Waals surface area contributed by atoms with Gasteiger partial charge in [0.1, 0.15) is 5.60 Å². The Hall–Kier alpha value is -1.72. The number of rotatable bonds is 5. The second kappa shape index (κ2) is 5.58.